The smallest absolute Gasteiger partial charge is 0.230 e. The average molecular weight is 407 g/mol. The Morgan fingerprint density at radius 3 is 3.00 bits per heavy atom. The molecule has 2 saturated heterocycles. The van der Waals surface area contributed by atoms with Crippen LogP contribution in [0.4, 0.5) is 4.39 Å². The fourth-order valence-corrected chi connectivity index (χ4v) is 3.58. The molecular formula is C20H20ClFN2O4. The topological polar surface area (TPSA) is 67.9 Å². The number of likely N-dealkylation sites (tertiary alicyclic amines) is 1. The van der Waals surface area contributed by atoms with Gasteiger partial charge in [-0.1, -0.05) is 17.7 Å². The minimum Gasteiger partial charge on any atom is -0.484 e. The van der Waals surface area contributed by atoms with E-state index in [2.05, 4.69) is 5.32 Å². The number of amides is 1. The molecule has 0 aromatic heterocycles. The first-order valence-corrected chi connectivity index (χ1v) is 9.52. The molecule has 1 aromatic rings. The predicted octanol–water partition coefficient (Wildman–Crippen LogP) is 2.18. The largest absolute Gasteiger partial charge is 0.484 e. The van der Waals surface area contributed by atoms with Gasteiger partial charge in [0.2, 0.25) is 5.91 Å². The maximum absolute atomic E-state index is 13.1. The number of Topliss-reactive ketones (excluding diaryl/α,β-unsaturated/α-hetero) is 1. The van der Waals surface area contributed by atoms with Crippen LogP contribution in [0.1, 0.15) is 12.0 Å². The first-order chi connectivity index (χ1) is 13.5. The molecule has 8 heteroatoms. The van der Waals surface area contributed by atoms with Crippen LogP contribution in [-0.4, -0.2) is 48.9 Å². The third kappa shape index (κ3) is 4.05. The fourth-order valence-electron chi connectivity index (χ4n) is 3.36. The van der Waals surface area contributed by atoms with Crippen LogP contribution < -0.4 is 5.32 Å². The van der Waals surface area contributed by atoms with Gasteiger partial charge < -0.3 is 19.7 Å². The highest BCUT2D eigenvalue weighted by Gasteiger charge is 2.35. The highest BCUT2D eigenvalue weighted by atomic mass is 35.5. The summed E-state index contributed by atoms with van der Waals surface area (Å²) >= 11 is 6.00. The van der Waals surface area contributed by atoms with Gasteiger partial charge in [0.1, 0.15) is 18.2 Å². The molecule has 2 heterocycles. The number of benzene rings is 1. The third-order valence-electron chi connectivity index (χ3n) is 5.02. The van der Waals surface area contributed by atoms with Crippen LogP contribution >= 0.6 is 11.6 Å². The van der Waals surface area contributed by atoms with Crippen LogP contribution in [0.2, 0.25) is 5.02 Å². The fraction of sp³-hybridized carbons (Fsp3) is 0.400. The molecule has 1 aliphatic carbocycles. The van der Waals surface area contributed by atoms with Crippen molar-refractivity contribution >= 4 is 23.3 Å². The van der Waals surface area contributed by atoms with Crippen LogP contribution in [0.3, 0.4) is 0 Å². The normalized spacial score (nSPS) is 22.1. The van der Waals surface area contributed by atoms with Gasteiger partial charge in [0.05, 0.1) is 30.9 Å². The van der Waals surface area contributed by atoms with Gasteiger partial charge in [-0.15, -0.1) is 0 Å². The molecule has 0 bridgehead atoms. The molecule has 0 spiro atoms. The van der Waals surface area contributed by atoms with E-state index in [9.17, 15) is 14.0 Å². The van der Waals surface area contributed by atoms with E-state index in [0.29, 0.717) is 36.0 Å². The van der Waals surface area contributed by atoms with Gasteiger partial charge >= 0.3 is 0 Å². The van der Waals surface area contributed by atoms with E-state index in [0.717, 1.165) is 5.56 Å². The monoisotopic (exact) mass is 406 g/mol. The lowest BCUT2D eigenvalue weighted by atomic mass is 9.95. The van der Waals surface area contributed by atoms with E-state index in [1.54, 1.807) is 11.0 Å². The molecule has 148 valence electrons. The molecule has 1 aromatic carbocycles. The van der Waals surface area contributed by atoms with E-state index in [1.807, 2.05) is 12.2 Å². The molecule has 0 radical (unpaired) electrons. The maximum Gasteiger partial charge on any atom is 0.230 e. The number of halogens is 2. The molecule has 2 aliphatic heterocycles. The van der Waals surface area contributed by atoms with Crippen LogP contribution in [0.15, 0.2) is 41.8 Å². The quantitative estimate of drug-likeness (QED) is 0.830. The Kier molecular flexibility index (Phi) is 5.37. The van der Waals surface area contributed by atoms with Crippen molar-refractivity contribution in [2.75, 3.05) is 26.2 Å². The zero-order valence-corrected chi connectivity index (χ0v) is 15.9. The summed E-state index contributed by atoms with van der Waals surface area (Å²) in [7, 11) is 0. The minimum absolute atomic E-state index is 0.0249. The molecule has 0 saturated carbocycles. The third-order valence-corrected chi connectivity index (χ3v) is 5.37. The van der Waals surface area contributed by atoms with Gasteiger partial charge in [-0.05, 0) is 36.3 Å². The molecule has 1 unspecified atom stereocenters. The second kappa shape index (κ2) is 7.93. The van der Waals surface area contributed by atoms with Gasteiger partial charge in [-0.3, -0.25) is 9.59 Å². The Morgan fingerprint density at radius 2 is 2.21 bits per heavy atom. The zero-order valence-electron chi connectivity index (χ0n) is 15.1. The zero-order chi connectivity index (χ0) is 19.7. The number of ketones is 1. The summed E-state index contributed by atoms with van der Waals surface area (Å²) in [6.07, 6.45) is 4.17. The summed E-state index contributed by atoms with van der Waals surface area (Å²) in [5, 5.41) is 3.37. The highest BCUT2D eigenvalue weighted by Crippen LogP contribution is 2.27. The van der Waals surface area contributed by atoms with Gasteiger partial charge in [0, 0.05) is 18.1 Å². The minimum atomic E-state index is -0.383. The first-order valence-electron chi connectivity index (χ1n) is 9.14. The van der Waals surface area contributed by atoms with Crippen molar-refractivity contribution in [2.24, 2.45) is 5.92 Å². The van der Waals surface area contributed by atoms with Crippen molar-refractivity contribution in [1.29, 1.82) is 0 Å². The van der Waals surface area contributed by atoms with E-state index in [4.69, 9.17) is 21.1 Å². The molecular weight excluding hydrogens is 387 g/mol. The van der Waals surface area contributed by atoms with E-state index in [1.165, 1.54) is 12.1 Å². The number of nitrogens with one attached hydrogen (secondary N) is 1. The first kappa shape index (κ1) is 19.0. The predicted molar refractivity (Wildman–Crippen MR) is 99.8 cm³/mol. The van der Waals surface area contributed by atoms with Crippen LogP contribution in [-0.2, 0) is 25.7 Å². The van der Waals surface area contributed by atoms with Gasteiger partial charge in [0.25, 0.3) is 0 Å². The number of nitrogens with zero attached hydrogens (tertiary/aromatic N) is 1. The second-order valence-corrected chi connectivity index (χ2v) is 7.49. The van der Waals surface area contributed by atoms with Crippen molar-refractivity contribution in [1.82, 2.24) is 10.2 Å². The number of carbonyl (C=O) groups excluding carboxylic acids is 2. The Labute approximate surface area is 166 Å². The molecule has 28 heavy (non-hydrogen) atoms. The summed E-state index contributed by atoms with van der Waals surface area (Å²) in [6, 6.07) is 4.20. The SMILES string of the molecule is O=C1CNC2=CC(C(=O)N3CC(OCc4ccc(F)cc4Cl)C3)CC=C2OC1. The van der Waals surface area contributed by atoms with Gasteiger partial charge in [0.15, 0.2) is 5.78 Å². The van der Waals surface area contributed by atoms with Crippen molar-refractivity contribution in [3.05, 3.63) is 58.2 Å². The number of hydrogen-bond acceptors (Lipinski definition) is 5. The lowest BCUT2D eigenvalue weighted by molar-refractivity contribution is -0.148. The Hall–Kier alpha value is -2.38. The Balaban J connectivity index is 1.28. The second-order valence-electron chi connectivity index (χ2n) is 7.08. The lowest BCUT2D eigenvalue weighted by Gasteiger charge is -2.40. The van der Waals surface area contributed by atoms with Crippen LogP contribution in [0.5, 0.6) is 0 Å². The number of fused-ring (bicyclic) bond motifs is 1. The molecule has 4 rings (SSSR count). The molecule has 1 amide bonds. The molecule has 1 atom stereocenters. The number of allylic oxidation sites excluding steroid dienone is 1. The van der Waals surface area contributed by atoms with E-state index in [-0.39, 0.29) is 49.3 Å². The van der Waals surface area contributed by atoms with Crippen LogP contribution in [0.25, 0.3) is 0 Å². The summed E-state index contributed by atoms with van der Waals surface area (Å²) < 4.78 is 24.3. The van der Waals surface area contributed by atoms with Crippen molar-refractivity contribution in [3.63, 3.8) is 0 Å². The van der Waals surface area contributed by atoms with Gasteiger partial charge in [-0.25, -0.2) is 4.39 Å². The number of hydrogen-bond donors (Lipinski definition) is 1. The van der Waals surface area contributed by atoms with Crippen molar-refractivity contribution < 1.29 is 23.5 Å². The van der Waals surface area contributed by atoms with Crippen molar-refractivity contribution in [3.8, 4) is 0 Å². The maximum atomic E-state index is 13.1. The van der Waals surface area contributed by atoms with Gasteiger partial charge in [-0.2, -0.15) is 0 Å². The van der Waals surface area contributed by atoms with Crippen LogP contribution in [0, 0.1) is 11.7 Å². The highest BCUT2D eigenvalue weighted by molar-refractivity contribution is 6.31. The Bertz CT molecular complexity index is 864. The van der Waals surface area contributed by atoms with Crippen molar-refractivity contribution in [2.45, 2.75) is 19.1 Å². The number of carbonyl (C=O) groups is 2. The summed E-state index contributed by atoms with van der Waals surface area (Å²) in [6.45, 7) is 1.56. The standard InChI is InChI=1S/C20H20ClFN2O4/c21-17-6-14(22)3-1-13(17)10-27-16-8-24(9-16)20(26)12-2-4-19-18(5-12)23-7-15(25)11-28-19/h1,3-6,12,16,23H,2,7-11H2. The molecule has 1 N–H and O–H groups in total. The average Bonchev–Trinajstić information content (AvgIpc) is 2.83. The summed E-state index contributed by atoms with van der Waals surface area (Å²) in [5.74, 6) is -0.0275. The van der Waals surface area contributed by atoms with E-state index < -0.39 is 0 Å². The summed E-state index contributed by atoms with van der Waals surface area (Å²) in [5.41, 5.74) is 1.42. The lowest BCUT2D eigenvalue weighted by Crippen LogP contribution is -2.56. The number of ether oxygens (including phenoxy) is 2. The number of rotatable bonds is 4. The molecule has 6 nitrogen and oxygen atoms in total. The summed E-state index contributed by atoms with van der Waals surface area (Å²) in [4.78, 5) is 26.0. The molecule has 3 aliphatic rings. The van der Waals surface area contributed by atoms with E-state index >= 15 is 0 Å². The Morgan fingerprint density at radius 1 is 1.39 bits per heavy atom. The molecule has 2 fully saturated rings.